The Morgan fingerprint density at radius 3 is 2.55 bits per heavy atom. The molecule has 1 aliphatic rings. The lowest BCUT2D eigenvalue weighted by molar-refractivity contribution is -0.140. The Hall–Kier alpha value is -1.65. The smallest absolute Gasteiger partial charge is 0.333 e. The molecule has 0 aromatic heterocycles. The number of carbonyl (C=O) groups is 1. The summed E-state index contributed by atoms with van der Waals surface area (Å²) >= 11 is 0. The van der Waals surface area contributed by atoms with Crippen molar-refractivity contribution in [1.29, 1.82) is 0 Å². The Bertz CT molecular complexity index is 614. The van der Waals surface area contributed by atoms with Gasteiger partial charge in [-0.1, -0.05) is 57.0 Å². The van der Waals surface area contributed by atoms with E-state index in [2.05, 4.69) is 37.8 Å². The molecule has 0 N–H and O–H groups in total. The van der Waals surface area contributed by atoms with Crippen molar-refractivity contribution >= 4 is 5.97 Å². The summed E-state index contributed by atoms with van der Waals surface area (Å²) in [5.74, 6) is 0.292. The fourth-order valence-electron chi connectivity index (χ4n) is 3.90. The van der Waals surface area contributed by atoms with E-state index in [0.29, 0.717) is 30.8 Å². The van der Waals surface area contributed by atoms with Crippen molar-refractivity contribution in [3.8, 4) is 0 Å². The maximum Gasteiger partial charge on any atom is 0.333 e. The fourth-order valence-corrected chi connectivity index (χ4v) is 3.90. The zero-order valence-electron chi connectivity index (χ0n) is 18.5. The third-order valence-electron chi connectivity index (χ3n) is 5.68. The van der Waals surface area contributed by atoms with Crippen LogP contribution in [-0.4, -0.2) is 39.0 Å². The largest absolute Gasteiger partial charge is 0.462 e. The predicted octanol–water partition coefficient (Wildman–Crippen LogP) is 5.45. The first-order chi connectivity index (χ1) is 14.0. The van der Waals surface area contributed by atoms with Gasteiger partial charge in [-0.25, -0.2) is 4.79 Å². The standard InChI is InChI=1S/C25H38O4/c1-5-6-7-8-24-14-13-23(18-28-24)22-11-9-20(10-12-22)15-21(16-27-4)17-29-25(26)19(2)3/h9-12,21,23-24H,2,5-8,13-18H2,1,3-4H3. The summed E-state index contributed by atoms with van der Waals surface area (Å²) in [6.45, 7) is 9.26. The minimum atomic E-state index is -0.341. The van der Waals surface area contributed by atoms with E-state index in [0.717, 1.165) is 13.0 Å². The van der Waals surface area contributed by atoms with Gasteiger partial charge in [0.15, 0.2) is 0 Å². The second-order valence-electron chi connectivity index (χ2n) is 8.37. The zero-order chi connectivity index (χ0) is 21.1. The number of benzene rings is 1. The molecular formula is C25H38O4. The van der Waals surface area contributed by atoms with E-state index in [1.807, 2.05) is 0 Å². The van der Waals surface area contributed by atoms with Crippen LogP contribution in [0.15, 0.2) is 36.4 Å². The highest BCUT2D eigenvalue weighted by Gasteiger charge is 2.22. The van der Waals surface area contributed by atoms with Crippen molar-refractivity contribution in [2.45, 2.75) is 70.8 Å². The van der Waals surface area contributed by atoms with Crippen LogP contribution < -0.4 is 0 Å². The first-order valence-corrected chi connectivity index (χ1v) is 11.1. The van der Waals surface area contributed by atoms with Crippen molar-refractivity contribution in [2.24, 2.45) is 5.92 Å². The van der Waals surface area contributed by atoms with E-state index in [-0.39, 0.29) is 11.9 Å². The monoisotopic (exact) mass is 402 g/mol. The molecule has 0 saturated carbocycles. The molecule has 1 aromatic carbocycles. The second kappa shape index (κ2) is 12.8. The zero-order valence-corrected chi connectivity index (χ0v) is 18.5. The van der Waals surface area contributed by atoms with Gasteiger partial charge in [-0.3, -0.25) is 0 Å². The molecule has 2 rings (SSSR count). The van der Waals surface area contributed by atoms with Gasteiger partial charge >= 0.3 is 5.97 Å². The van der Waals surface area contributed by atoms with Crippen molar-refractivity contribution < 1.29 is 19.0 Å². The van der Waals surface area contributed by atoms with Crippen LogP contribution in [0.4, 0.5) is 0 Å². The molecule has 1 fully saturated rings. The predicted molar refractivity (Wildman–Crippen MR) is 117 cm³/mol. The molecule has 0 aliphatic carbocycles. The van der Waals surface area contributed by atoms with Gasteiger partial charge in [0.25, 0.3) is 0 Å². The molecule has 0 spiro atoms. The van der Waals surface area contributed by atoms with Gasteiger partial charge in [-0.15, -0.1) is 0 Å². The van der Waals surface area contributed by atoms with Crippen LogP contribution in [0.5, 0.6) is 0 Å². The van der Waals surface area contributed by atoms with Crippen molar-refractivity contribution in [3.63, 3.8) is 0 Å². The summed E-state index contributed by atoms with van der Waals surface area (Å²) in [6.07, 6.45) is 8.71. The van der Waals surface area contributed by atoms with Crippen LogP contribution in [0.1, 0.15) is 69.4 Å². The molecule has 1 saturated heterocycles. The van der Waals surface area contributed by atoms with E-state index < -0.39 is 0 Å². The number of unbranched alkanes of at least 4 members (excludes halogenated alkanes) is 2. The number of hydrogen-bond acceptors (Lipinski definition) is 4. The minimum Gasteiger partial charge on any atom is -0.462 e. The molecule has 0 amide bonds. The molecule has 1 heterocycles. The maximum atomic E-state index is 11.6. The van der Waals surface area contributed by atoms with Crippen LogP contribution in [-0.2, 0) is 25.4 Å². The first kappa shape index (κ1) is 23.6. The van der Waals surface area contributed by atoms with Crippen LogP contribution in [0.25, 0.3) is 0 Å². The van der Waals surface area contributed by atoms with Gasteiger partial charge in [0.05, 0.1) is 25.9 Å². The Labute approximate surface area is 176 Å². The number of hydrogen-bond donors (Lipinski definition) is 0. The summed E-state index contributed by atoms with van der Waals surface area (Å²) < 4.78 is 16.7. The molecule has 4 nitrogen and oxygen atoms in total. The minimum absolute atomic E-state index is 0.135. The summed E-state index contributed by atoms with van der Waals surface area (Å²) in [5.41, 5.74) is 3.02. The van der Waals surface area contributed by atoms with Gasteiger partial charge in [-0.2, -0.15) is 0 Å². The maximum absolute atomic E-state index is 11.6. The van der Waals surface area contributed by atoms with Crippen LogP contribution in [0, 0.1) is 5.92 Å². The molecule has 0 radical (unpaired) electrons. The van der Waals surface area contributed by atoms with Crippen LogP contribution >= 0.6 is 0 Å². The van der Waals surface area contributed by atoms with Gasteiger partial charge in [0.2, 0.25) is 0 Å². The van der Waals surface area contributed by atoms with Gasteiger partial charge in [-0.05, 0) is 43.7 Å². The number of esters is 1. The van der Waals surface area contributed by atoms with E-state index in [4.69, 9.17) is 14.2 Å². The highest BCUT2D eigenvalue weighted by Crippen LogP contribution is 2.30. The molecule has 29 heavy (non-hydrogen) atoms. The average molecular weight is 403 g/mol. The molecule has 1 aromatic rings. The van der Waals surface area contributed by atoms with E-state index in [1.54, 1.807) is 14.0 Å². The van der Waals surface area contributed by atoms with Crippen LogP contribution in [0.3, 0.4) is 0 Å². The third-order valence-corrected chi connectivity index (χ3v) is 5.68. The topological polar surface area (TPSA) is 44.8 Å². The molecule has 162 valence electrons. The molecular weight excluding hydrogens is 364 g/mol. The molecule has 1 aliphatic heterocycles. The van der Waals surface area contributed by atoms with E-state index >= 15 is 0 Å². The lowest BCUT2D eigenvalue weighted by Crippen LogP contribution is -2.24. The Morgan fingerprint density at radius 2 is 1.97 bits per heavy atom. The third kappa shape index (κ3) is 8.31. The average Bonchev–Trinajstić information content (AvgIpc) is 2.73. The summed E-state index contributed by atoms with van der Waals surface area (Å²) in [5, 5.41) is 0. The Balaban J connectivity index is 1.82. The fraction of sp³-hybridized carbons (Fsp3) is 0.640. The molecule has 3 atom stereocenters. The van der Waals surface area contributed by atoms with Gasteiger partial charge in [0, 0.05) is 24.5 Å². The SMILES string of the molecule is C=C(C)C(=O)OCC(COC)Cc1ccc(C2CCC(CCCCC)OC2)cc1. The quantitative estimate of drug-likeness (QED) is 0.265. The highest BCUT2D eigenvalue weighted by molar-refractivity contribution is 5.86. The van der Waals surface area contributed by atoms with E-state index in [9.17, 15) is 4.79 Å². The Morgan fingerprint density at radius 1 is 1.21 bits per heavy atom. The second-order valence-corrected chi connectivity index (χ2v) is 8.37. The molecule has 0 bridgehead atoms. The van der Waals surface area contributed by atoms with Gasteiger partial charge in [0.1, 0.15) is 0 Å². The number of carbonyl (C=O) groups excluding carboxylic acids is 1. The summed E-state index contributed by atoms with van der Waals surface area (Å²) in [7, 11) is 1.68. The number of rotatable bonds is 12. The van der Waals surface area contributed by atoms with E-state index in [1.165, 1.54) is 49.7 Å². The first-order valence-electron chi connectivity index (χ1n) is 11.1. The lowest BCUT2D eigenvalue weighted by atomic mass is 9.89. The number of methoxy groups -OCH3 is 1. The normalized spacial score (nSPS) is 20.2. The number of ether oxygens (including phenoxy) is 3. The molecule has 3 unspecified atom stereocenters. The molecule has 4 heteroatoms. The summed E-state index contributed by atoms with van der Waals surface area (Å²) in [6, 6.07) is 8.83. The van der Waals surface area contributed by atoms with Gasteiger partial charge < -0.3 is 14.2 Å². The lowest BCUT2D eigenvalue weighted by Gasteiger charge is -2.29. The highest BCUT2D eigenvalue weighted by atomic mass is 16.5. The van der Waals surface area contributed by atoms with Crippen molar-refractivity contribution in [2.75, 3.05) is 26.9 Å². The van der Waals surface area contributed by atoms with Crippen molar-refractivity contribution in [3.05, 3.63) is 47.5 Å². The van der Waals surface area contributed by atoms with Crippen molar-refractivity contribution in [1.82, 2.24) is 0 Å². The Kier molecular flexibility index (Phi) is 10.4. The summed E-state index contributed by atoms with van der Waals surface area (Å²) in [4.78, 5) is 11.6. The van der Waals surface area contributed by atoms with Crippen LogP contribution in [0.2, 0.25) is 0 Å².